The summed E-state index contributed by atoms with van der Waals surface area (Å²) < 4.78 is 4.65. The maximum absolute atomic E-state index is 11.4. The van der Waals surface area contributed by atoms with Gasteiger partial charge in [0, 0.05) is 19.3 Å². The first-order valence-electron chi connectivity index (χ1n) is 8.06. The molecule has 0 saturated heterocycles. The smallest absolute Gasteiger partial charge is 0.354 e. The molecule has 0 amide bonds. The van der Waals surface area contributed by atoms with E-state index in [9.17, 15) is 9.90 Å². The Hall–Kier alpha value is -2.11. The van der Waals surface area contributed by atoms with Gasteiger partial charge in [-0.3, -0.25) is 0 Å². The number of carbonyl (C=O) groups is 1. The molecule has 1 heterocycles. The predicted octanol–water partition coefficient (Wildman–Crippen LogP) is 2.92. The van der Waals surface area contributed by atoms with Crippen LogP contribution in [0.5, 0.6) is 0 Å². The Morgan fingerprint density at radius 2 is 1.96 bits per heavy atom. The molecule has 2 aromatic rings. The number of methoxy groups -OCH3 is 1. The maximum atomic E-state index is 11.4. The fourth-order valence-electron chi connectivity index (χ4n) is 2.45. The molecular formula is C19H26N2O3. The number of carbonyl (C=O) groups excluding carboxylic acids is 1. The first-order chi connectivity index (χ1) is 11.3. The quantitative estimate of drug-likeness (QED) is 0.712. The van der Waals surface area contributed by atoms with Gasteiger partial charge in [-0.05, 0) is 28.2 Å². The molecule has 2 rings (SSSR count). The first kappa shape index (κ1) is 18.2. The number of aliphatic hydroxyl groups excluding tert-OH is 1. The number of esters is 1. The first-order valence-corrected chi connectivity index (χ1v) is 8.06. The van der Waals surface area contributed by atoms with Crippen LogP contribution in [0.3, 0.4) is 0 Å². The largest absolute Gasteiger partial charge is 0.464 e. The zero-order valence-corrected chi connectivity index (χ0v) is 14.7. The lowest BCUT2D eigenvalue weighted by molar-refractivity contribution is 0.0594. The number of rotatable bonds is 6. The van der Waals surface area contributed by atoms with Crippen molar-refractivity contribution in [3.05, 3.63) is 58.9 Å². The molecule has 24 heavy (non-hydrogen) atoms. The van der Waals surface area contributed by atoms with E-state index in [0.29, 0.717) is 18.8 Å². The third-order valence-electron chi connectivity index (χ3n) is 3.98. The van der Waals surface area contributed by atoms with Gasteiger partial charge in [0.1, 0.15) is 5.69 Å². The van der Waals surface area contributed by atoms with Crippen molar-refractivity contribution in [2.45, 2.75) is 38.8 Å². The van der Waals surface area contributed by atoms with Crippen LogP contribution >= 0.6 is 0 Å². The van der Waals surface area contributed by atoms with Crippen molar-refractivity contribution in [2.24, 2.45) is 0 Å². The third kappa shape index (κ3) is 4.69. The molecule has 0 aliphatic rings. The summed E-state index contributed by atoms with van der Waals surface area (Å²) in [5.74, 6) is -0.389. The van der Waals surface area contributed by atoms with E-state index in [1.54, 1.807) is 12.3 Å². The van der Waals surface area contributed by atoms with Crippen molar-refractivity contribution in [1.29, 1.82) is 0 Å². The van der Waals surface area contributed by atoms with Crippen molar-refractivity contribution in [3.8, 4) is 0 Å². The van der Waals surface area contributed by atoms with Gasteiger partial charge in [0.05, 0.1) is 13.2 Å². The van der Waals surface area contributed by atoms with E-state index in [-0.39, 0.29) is 11.4 Å². The minimum atomic E-state index is -0.571. The highest BCUT2D eigenvalue weighted by Gasteiger charge is 2.14. The van der Waals surface area contributed by atoms with Crippen LogP contribution in [0.15, 0.2) is 36.5 Å². The zero-order valence-electron chi connectivity index (χ0n) is 14.7. The summed E-state index contributed by atoms with van der Waals surface area (Å²) in [7, 11) is 1.35. The zero-order chi connectivity index (χ0) is 17.7. The van der Waals surface area contributed by atoms with Gasteiger partial charge in [-0.25, -0.2) is 4.79 Å². The highest BCUT2D eigenvalue weighted by molar-refractivity contribution is 5.87. The molecule has 0 saturated carbocycles. The fraction of sp³-hybridized carbons (Fsp3) is 0.421. The Morgan fingerprint density at radius 1 is 1.29 bits per heavy atom. The standard InChI is InChI=1S/C19H26N2O3/c1-19(2,3)15-7-5-14(6-8-15)17(22)12-20-10-13-9-16(21-11-13)18(23)24-4/h5-9,11,17,20-22H,10,12H2,1-4H3. The fourth-order valence-corrected chi connectivity index (χ4v) is 2.45. The lowest BCUT2D eigenvalue weighted by Crippen LogP contribution is -2.21. The second-order valence-corrected chi connectivity index (χ2v) is 6.93. The van der Waals surface area contributed by atoms with Crippen LogP contribution in [0.25, 0.3) is 0 Å². The number of H-pyrrole nitrogens is 1. The summed E-state index contributed by atoms with van der Waals surface area (Å²) in [6.07, 6.45) is 1.18. The van der Waals surface area contributed by atoms with Crippen LogP contribution in [0, 0.1) is 0 Å². The topological polar surface area (TPSA) is 74.3 Å². The summed E-state index contributed by atoms with van der Waals surface area (Å²) in [6.45, 7) is 7.50. The molecule has 5 nitrogen and oxygen atoms in total. The monoisotopic (exact) mass is 330 g/mol. The Balaban J connectivity index is 1.86. The van der Waals surface area contributed by atoms with E-state index < -0.39 is 6.10 Å². The second-order valence-electron chi connectivity index (χ2n) is 6.93. The molecule has 1 unspecified atom stereocenters. The van der Waals surface area contributed by atoms with Gasteiger partial charge >= 0.3 is 5.97 Å². The minimum absolute atomic E-state index is 0.105. The summed E-state index contributed by atoms with van der Waals surface area (Å²) >= 11 is 0. The van der Waals surface area contributed by atoms with Crippen molar-refractivity contribution < 1.29 is 14.6 Å². The Morgan fingerprint density at radius 3 is 2.54 bits per heavy atom. The van der Waals surface area contributed by atoms with Gasteiger partial charge in [0.25, 0.3) is 0 Å². The molecule has 0 fully saturated rings. The molecule has 1 atom stereocenters. The number of hydrogen-bond donors (Lipinski definition) is 3. The van der Waals surface area contributed by atoms with Crippen LogP contribution in [0.1, 0.15) is 54.1 Å². The lowest BCUT2D eigenvalue weighted by Gasteiger charge is -2.20. The summed E-state index contributed by atoms with van der Waals surface area (Å²) in [4.78, 5) is 14.2. The van der Waals surface area contributed by atoms with Crippen LogP contribution in [0.2, 0.25) is 0 Å². The molecular weight excluding hydrogens is 304 g/mol. The van der Waals surface area contributed by atoms with Gasteiger partial charge < -0.3 is 20.1 Å². The van der Waals surface area contributed by atoms with Gasteiger partial charge in [-0.2, -0.15) is 0 Å². The van der Waals surface area contributed by atoms with Crippen LogP contribution < -0.4 is 5.32 Å². The summed E-state index contributed by atoms with van der Waals surface area (Å²) in [5, 5.41) is 13.5. The number of aromatic amines is 1. The van der Waals surface area contributed by atoms with Crippen LogP contribution in [-0.4, -0.2) is 29.7 Å². The normalized spacial score (nSPS) is 12.9. The molecule has 0 radical (unpaired) electrons. The molecule has 0 aliphatic heterocycles. The Labute approximate surface area is 143 Å². The Kier molecular flexibility index (Phi) is 5.80. The maximum Gasteiger partial charge on any atom is 0.354 e. The SMILES string of the molecule is COC(=O)c1cc(CNCC(O)c2ccc(C(C)(C)C)cc2)c[nH]1. The molecule has 0 spiro atoms. The predicted molar refractivity (Wildman–Crippen MR) is 93.9 cm³/mol. The number of hydrogen-bond acceptors (Lipinski definition) is 4. The number of benzene rings is 1. The van der Waals surface area contributed by atoms with Gasteiger partial charge in [0.2, 0.25) is 0 Å². The van der Waals surface area contributed by atoms with Crippen molar-refractivity contribution in [3.63, 3.8) is 0 Å². The Bertz CT molecular complexity index is 669. The highest BCUT2D eigenvalue weighted by Crippen LogP contribution is 2.23. The lowest BCUT2D eigenvalue weighted by atomic mass is 9.86. The van der Waals surface area contributed by atoms with E-state index >= 15 is 0 Å². The van der Waals surface area contributed by atoms with Gasteiger partial charge in [-0.15, -0.1) is 0 Å². The summed E-state index contributed by atoms with van der Waals surface area (Å²) in [6, 6.07) is 9.81. The van der Waals surface area contributed by atoms with Crippen LogP contribution in [-0.2, 0) is 16.7 Å². The average molecular weight is 330 g/mol. The molecule has 0 bridgehead atoms. The van der Waals surface area contributed by atoms with Crippen molar-refractivity contribution >= 4 is 5.97 Å². The number of aromatic nitrogens is 1. The molecule has 5 heteroatoms. The number of ether oxygens (including phenoxy) is 1. The number of nitrogens with one attached hydrogen (secondary N) is 2. The molecule has 0 aliphatic carbocycles. The number of aliphatic hydroxyl groups is 1. The van der Waals surface area contributed by atoms with Crippen molar-refractivity contribution in [2.75, 3.05) is 13.7 Å². The third-order valence-corrected chi connectivity index (χ3v) is 3.98. The van der Waals surface area contributed by atoms with E-state index in [0.717, 1.165) is 11.1 Å². The molecule has 3 N–H and O–H groups in total. The molecule has 1 aromatic carbocycles. The van der Waals surface area contributed by atoms with Crippen molar-refractivity contribution in [1.82, 2.24) is 10.3 Å². The second kappa shape index (κ2) is 7.64. The van der Waals surface area contributed by atoms with E-state index in [1.165, 1.54) is 12.7 Å². The molecule has 1 aromatic heterocycles. The average Bonchev–Trinajstić information content (AvgIpc) is 3.02. The molecule has 130 valence electrons. The minimum Gasteiger partial charge on any atom is -0.464 e. The van der Waals surface area contributed by atoms with E-state index in [4.69, 9.17) is 0 Å². The highest BCUT2D eigenvalue weighted by atomic mass is 16.5. The van der Waals surface area contributed by atoms with Crippen LogP contribution in [0.4, 0.5) is 0 Å². The van der Waals surface area contributed by atoms with Gasteiger partial charge in [0.15, 0.2) is 0 Å². The van der Waals surface area contributed by atoms with Gasteiger partial charge in [-0.1, -0.05) is 45.0 Å². The van der Waals surface area contributed by atoms with E-state index in [1.807, 2.05) is 12.1 Å². The summed E-state index contributed by atoms with van der Waals surface area (Å²) in [5.41, 5.74) is 3.60. The van der Waals surface area contributed by atoms with E-state index in [2.05, 4.69) is 47.9 Å².